The number of ether oxygens (including phenoxy) is 1. The first kappa shape index (κ1) is 13.0. The topological polar surface area (TPSA) is 55.4 Å². The first-order valence-corrected chi connectivity index (χ1v) is 7.98. The molecular formula is C15H15NO3S. The maximum Gasteiger partial charge on any atom is 0.262 e. The molecule has 0 unspecified atom stereocenters. The van der Waals surface area contributed by atoms with Crippen molar-refractivity contribution in [3.8, 4) is 5.75 Å². The molecule has 5 heteroatoms. The summed E-state index contributed by atoms with van der Waals surface area (Å²) in [4.78, 5) is 0.244. The quantitative estimate of drug-likeness (QED) is 0.945. The molecule has 0 aliphatic carbocycles. The highest BCUT2D eigenvalue weighted by Gasteiger charge is 2.19. The molecule has 0 radical (unpaired) electrons. The highest BCUT2D eigenvalue weighted by molar-refractivity contribution is 7.92. The summed E-state index contributed by atoms with van der Waals surface area (Å²) in [6, 6.07) is 13.9. The molecule has 4 nitrogen and oxygen atoms in total. The van der Waals surface area contributed by atoms with E-state index in [1.807, 2.05) is 12.1 Å². The lowest BCUT2D eigenvalue weighted by Crippen LogP contribution is -2.16. The number of hydrogen-bond acceptors (Lipinski definition) is 3. The van der Waals surface area contributed by atoms with Gasteiger partial charge in [0.1, 0.15) is 5.75 Å². The average Bonchev–Trinajstić information content (AvgIpc) is 2.48. The van der Waals surface area contributed by atoms with E-state index < -0.39 is 10.0 Å². The maximum absolute atomic E-state index is 12.3. The molecule has 0 fully saturated rings. The van der Waals surface area contributed by atoms with Crippen molar-refractivity contribution in [1.29, 1.82) is 0 Å². The van der Waals surface area contributed by atoms with Gasteiger partial charge in [-0.3, -0.25) is 4.72 Å². The monoisotopic (exact) mass is 289 g/mol. The Hall–Kier alpha value is -2.01. The van der Waals surface area contributed by atoms with Crippen LogP contribution < -0.4 is 9.46 Å². The molecule has 1 N–H and O–H groups in total. The molecule has 2 aromatic rings. The standard InChI is InChI=1S/C15H15NO3S/c17-20(18,13-8-2-1-3-9-13)16-14-10-4-6-12-7-5-11-19-15(12)14/h1-4,6,8-10,16H,5,7,11H2. The average molecular weight is 289 g/mol. The van der Waals surface area contributed by atoms with E-state index in [9.17, 15) is 8.42 Å². The Balaban J connectivity index is 1.96. The molecule has 0 bridgehead atoms. The van der Waals surface area contributed by atoms with Crippen LogP contribution in [0.2, 0.25) is 0 Å². The number of benzene rings is 2. The van der Waals surface area contributed by atoms with Gasteiger partial charge in [-0.1, -0.05) is 30.3 Å². The summed E-state index contributed by atoms with van der Waals surface area (Å²) >= 11 is 0. The smallest absolute Gasteiger partial charge is 0.262 e. The van der Waals surface area contributed by atoms with Gasteiger partial charge < -0.3 is 4.74 Å². The molecule has 0 saturated heterocycles. The molecule has 0 saturated carbocycles. The number of para-hydroxylation sites is 1. The van der Waals surface area contributed by atoms with Gasteiger partial charge in [0.05, 0.1) is 17.2 Å². The fourth-order valence-corrected chi connectivity index (χ4v) is 3.36. The summed E-state index contributed by atoms with van der Waals surface area (Å²) in [5.41, 5.74) is 1.55. The number of hydrogen-bond donors (Lipinski definition) is 1. The van der Waals surface area contributed by atoms with E-state index >= 15 is 0 Å². The van der Waals surface area contributed by atoms with E-state index in [0.717, 1.165) is 18.4 Å². The lowest BCUT2D eigenvalue weighted by Gasteiger charge is -2.20. The molecule has 1 aliphatic rings. The van der Waals surface area contributed by atoms with E-state index in [4.69, 9.17) is 4.74 Å². The van der Waals surface area contributed by atoms with E-state index in [0.29, 0.717) is 18.0 Å². The molecule has 0 amide bonds. The Morgan fingerprint density at radius 1 is 1.00 bits per heavy atom. The predicted octanol–water partition coefficient (Wildman–Crippen LogP) is 2.81. The van der Waals surface area contributed by atoms with Crippen molar-refractivity contribution in [2.24, 2.45) is 0 Å². The fraction of sp³-hybridized carbons (Fsp3) is 0.200. The zero-order valence-corrected chi connectivity index (χ0v) is 11.7. The SMILES string of the molecule is O=S(=O)(Nc1cccc2c1OCCC2)c1ccccc1. The van der Waals surface area contributed by atoms with Crippen LogP contribution in [0.25, 0.3) is 0 Å². The number of aryl methyl sites for hydroxylation is 1. The summed E-state index contributed by atoms with van der Waals surface area (Å²) < 4.78 is 32.9. The maximum atomic E-state index is 12.3. The van der Waals surface area contributed by atoms with Crippen LogP contribution >= 0.6 is 0 Å². The van der Waals surface area contributed by atoms with Gasteiger partial charge in [0.15, 0.2) is 0 Å². The van der Waals surface area contributed by atoms with E-state index in [2.05, 4.69) is 4.72 Å². The number of sulfonamides is 1. The van der Waals surface area contributed by atoms with Crippen LogP contribution in [0.3, 0.4) is 0 Å². The lowest BCUT2D eigenvalue weighted by atomic mass is 10.1. The Morgan fingerprint density at radius 2 is 1.80 bits per heavy atom. The van der Waals surface area contributed by atoms with Gasteiger partial charge in [-0.15, -0.1) is 0 Å². The third kappa shape index (κ3) is 2.49. The minimum Gasteiger partial charge on any atom is -0.491 e. The predicted molar refractivity (Wildman–Crippen MR) is 77.5 cm³/mol. The van der Waals surface area contributed by atoms with Crippen LogP contribution in [0.5, 0.6) is 5.75 Å². The first-order valence-electron chi connectivity index (χ1n) is 6.49. The summed E-state index contributed by atoms with van der Waals surface area (Å²) in [5.74, 6) is 0.651. The molecule has 2 aromatic carbocycles. The minimum atomic E-state index is -3.58. The summed E-state index contributed by atoms with van der Waals surface area (Å²) in [6.07, 6.45) is 1.87. The van der Waals surface area contributed by atoms with Crippen molar-refractivity contribution in [1.82, 2.24) is 0 Å². The second-order valence-corrected chi connectivity index (χ2v) is 6.35. The number of anilines is 1. The summed E-state index contributed by atoms with van der Waals surface area (Å²) in [5, 5.41) is 0. The minimum absolute atomic E-state index is 0.244. The van der Waals surface area contributed by atoms with Gasteiger partial charge in [0, 0.05) is 0 Å². The second kappa shape index (κ2) is 5.17. The number of fused-ring (bicyclic) bond motifs is 1. The van der Waals surface area contributed by atoms with Crippen molar-refractivity contribution in [2.45, 2.75) is 17.7 Å². The molecule has 1 heterocycles. The number of nitrogens with one attached hydrogen (secondary N) is 1. The van der Waals surface area contributed by atoms with Crippen LogP contribution in [-0.4, -0.2) is 15.0 Å². The van der Waals surface area contributed by atoms with Gasteiger partial charge in [0.25, 0.3) is 10.0 Å². The molecule has 0 spiro atoms. The van der Waals surface area contributed by atoms with Gasteiger partial charge in [-0.2, -0.15) is 0 Å². The molecule has 20 heavy (non-hydrogen) atoms. The van der Waals surface area contributed by atoms with Gasteiger partial charge in [0.2, 0.25) is 0 Å². The molecule has 1 aliphatic heterocycles. The Labute approximate surface area is 118 Å². The van der Waals surface area contributed by atoms with E-state index in [1.165, 1.54) is 0 Å². The Morgan fingerprint density at radius 3 is 2.60 bits per heavy atom. The highest BCUT2D eigenvalue weighted by Crippen LogP contribution is 2.34. The van der Waals surface area contributed by atoms with Crippen LogP contribution in [0, 0.1) is 0 Å². The van der Waals surface area contributed by atoms with Crippen molar-refractivity contribution < 1.29 is 13.2 Å². The molecule has 0 atom stereocenters. The van der Waals surface area contributed by atoms with Gasteiger partial charge >= 0.3 is 0 Å². The van der Waals surface area contributed by atoms with Gasteiger partial charge in [-0.25, -0.2) is 8.42 Å². The zero-order valence-electron chi connectivity index (χ0n) is 10.9. The fourth-order valence-electron chi connectivity index (χ4n) is 2.27. The van der Waals surface area contributed by atoms with E-state index in [-0.39, 0.29) is 4.90 Å². The van der Waals surface area contributed by atoms with E-state index in [1.54, 1.807) is 36.4 Å². The zero-order chi connectivity index (χ0) is 14.0. The summed E-state index contributed by atoms with van der Waals surface area (Å²) in [7, 11) is -3.58. The van der Waals surface area contributed by atoms with Crippen molar-refractivity contribution in [3.05, 3.63) is 54.1 Å². The normalized spacial score (nSPS) is 14.2. The first-order chi connectivity index (χ1) is 9.67. The Bertz CT molecular complexity index is 711. The number of rotatable bonds is 3. The third-order valence-electron chi connectivity index (χ3n) is 3.23. The lowest BCUT2D eigenvalue weighted by molar-refractivity contribution is 0.290. The van der Waals surface area contributed by atoms with Crippen LogP contribution in [0.1, 0.15) is 12.0 Å². The van der Waals surface area contributed by atoms with Crippen LogP contribution in [-0.2, 0) is 16.4 Å². The molecule has 104 valence electrons. The Kier molecular flexibility index (Phi) is 3.36. The van der Waals surface area contributed by atoms with Crippen LogP contribution in [0.4, 0.5) is 5.69 Å². The molecule has 3 rings (SSSR count). The van der Waals surface area contributed by atoms with Crippen molar-refractivity contribution in [3.63, 3.8) is 0 Å². The molecular weight excluding hydrogens is 274 g/mol. The van der Waals surface area contributed by atoms with Gasteiger partial charge in [-0.05, 0) is 36.6 Å². The molecule has 0 aromatic heterocycles. The second-order valence-electron chi connectivity index (χ2n) is 4.66. The largest absolute Gasteiger partial charge is 0.491 e. The van der Waals surface area contributed by atoms with Crippen molar-refractivity contribution >= 4 is 15.7 Å². The van der Waals surface area contributed by atoms with Crippen LogP contribution in [0.15, 0.2) is 53.4 Å². The summed E-state index contributed by atoms with van der Waals surface area (Å²) in [6.45, 7) is 0.622. The van der Waals surface area contributed by atoms with Crippen molar-refractivity contribution in [2.75, 3.05) is 11.3 Å². The highest BCUT2D eigenvalue weighted by atomic mass is 32.2. The third-order valence-corrected chi connectivity index (χ3v) is 4.61.